The van der Waals surface area contributed by atoms with Crippen LogP contribution in [0, 0.1) is 11.8 Å². The summed E-state index contributed by atoms with van der Waals surface area (Å²) in [6, 6.07) is 4.29. The van der Waals surface area contributed by atoms with Crippen LogP contribution in [0.4, 0.5) is 0 Å². The van der Waals surface area contributed by atoms with E-state index in [0.717, 1.165) is 26.2 Å². The van der Waals surface area contributed by atoms with Crippen LogP contribution in [0.15, 0.2) is 17.5 Å². The van der Waals surface area contributed by atoms with Gasteiger partial charge >= 0.3 is 0 Å². The van der Waals surface area contributed by atoms with E-state index in [1.807, 2.05) is 18.3 Å². The van der Waals surface area contributed by atoms with Crippen molar-refractivity contribution in [3.05, 3.63) is 22.4 Å². The number of thiophene rings is 1. The fraction of sp³-hybridized carbons (Fsp3) is 0.667. The molecule has 0 spiro atoms. The number of nitrogens with zero attached hydrogens (tertiary/aromatic N) is 2. The summed E-state index contributed by atoms with van der Waals surface area (Å²) in [6.45, 7) is 7.18. The average molecular weight is 350 g/mol. The van der Waals surface area contributed by atoms with Crippen LogP contribution in [0.5, 0.6) is 0 Å². The molecule has 1 aromatic rings. The smallest absolute Gasteiger partial charge is 0.225 e. The zero-order valence-electron chi connectivity index (χ0n) is 14.4. The summed E-state index contributed by atoms with van der Waals surface area (Å²) >= 11 is 1.81. The molecule has 1 aromatic heterocycles. The third-order valence-electron chi connectivity index (χ3n) is 5.09. The molecule has 132 valence electrons. The van der Waals surface area contributed by atoms with E-state index < -0.39 is 0 Å². The third kappa shape index (κ3) is 4.36. The summed E-state index contributed by atoms with van der Waals surface area (Å²) in [4.78, 5) is 29.8. The van der Waals surface area contributed by atoms with Crippen molar-refractivity contribution >= 4 is 23.2 Å². The van der Waals surface area contributed by atoms with Crippen LogP contribution in [-0.4, -0.2) is 54.3 Å². The van der Waals surface area contributed by atoms with Gasteiger partial charge in [-0.2, -0.15) is 0 Å². The number of nitrogens with one attached hydrogen (secondary N) is 1. The Hall–Kier alpha value is -1.40. The molecule has 3 rings (SSSR count). The quantitative estimate of drug-likeness (QED) is 0.854. The highest BCUT2D eigenvalue weighted by Crippen LogP contribution is 2.21. The Bertz CT molecular complexity index is 561. The third-order valence-corrected chi connectivity index (χ3v) is 5.96. The Morgan fingerprint density at radius 1 is 1.42 bits per heavy atom. The molecule has 3 heterocycles. The topological polar surface area (TPSA) is 52.7 Å². The predicted octanol–water partition coefficient (Wildman–Crippen LogP) is 1.94. The van der Waals surface area contributed by atoms with Crippen molar-refractivity contribution in [3.63, 3.8) is 0 Å². The second-order valence-corrected chi connectivity index (χ2v) is 7.93. The van der Waals surface area contributed by atoms with E-state index in [1.54, 1.807) is 4.90 Å². The lowest BCUT2D eigenvalue weighted by molar-refractivity contribution is -0.128. The van der Waals surface area contributed by atoms with E-state index in [9.17, 15) is 9.59 Å². The summed E-state index contributed by atoms with van der Waals surface area (Å²) in [6.07, 6.45) is 2.73. The van der Waals surface area contributed by atoms with Gasteiger partial charge in [0.05, 0.1) is 5.92 Å². The van der Waals surface area contributed by atoms with Crippen molar-refractivity contribution < 1.29 is 9.59 Å². The van der Waals surface area contributed by atoms with Gasteiger partial charge in [0.2, 0.25) is 11.8 Å². The van der Waals surface area contributed by atoms with Crippen molar-refractivity contribution in [2.45, 2.75) is 32.7 Å². The zero-order chi connectivity index (χ0) is 16.9. The van der Waals surface area contributed by atoms with E-state index in [4.69, 9.17) is 0 Å². The maximum absolute atomic E-state index is 12.3. The zero-order valence-corrected chi connectivity index (χ0v) is 15.2. The Morgan fingerprint density at radius 2 is 2.29 bits per heavy atom. The maximum atomic E-state index is 12.3. The minimum absolute atomic E-state index is 0.0506. The number of likely N-dealkylation sites (tertiary alicyclic amines) is 2. The first kappa shape index (κ1) is 17.4. The van der Waals surface area contributed by atoms with Crippen LogP contribution < -0.4 is 5.32 Å². The van der Waals surface area contributed by atoms with Gasteiger partial charge < -0.3 is 10.2 Å². The Kier molecular flexibility index (Phi) is 5.89. The maximum Gasteiger partial charge on any atom is 0.225 e. The predicted molar refractivity (Wildman–Crippen MR) is 95.7 cm³/mol. The number of piperidine rings is 1. The molecule has 6 heteroatoms. The lowest BCUT2D eigenvalue weighted by atomic mass is 9.97. The molecule has 2 aliphatic rings. The molecule has 0 unspecified atom stereocenters. The van der Waals surface area contributed by atoms with Crippen LogP contribution in [0.25, 0.3) is 0 Å². The normalized spacial score (nSPS) is 25.2. The molecule has 2 atom stereocenters. The fourth-order valence-corrected chi connectivity index (χ4v) is 4.47. The van der Waals surface area contributed by atoms with Crippen LogP contribution in [0.3, 0.4) is 0 Å². The lowest BCUT2D eigenvalue weighted by Crippen LogP contribution is -2.42. The minimum Gasteiger partial charge on any atom is -0.355 e. The van der Waals surface area contributed by atoms with Gasteiger partial charge in [0.1, 0.15) is 0 Å². The highest BCUT2D eigenvalue weighted by molar-refractivity contribution is 7.09. The second kappa shape index (κ2) is 8.12. The van der Waals surface area contributed by atoms with Gasteiger partial charge in [0, 0.05) is 44.0 Å². The Labute approximate surface area is 148 Å². The summed E-state index contributed by atoms with van der Waals surface area (Å²) < 4.78 is 0. The van der Waals surface area contributed by atoms with Gasteiger partial charge in [-0.05, 0) is 43.7 Å². The number of hydrogen-bond donors (Lipinski definition) is 1. The van der Waals surface area contributed by atoms with E-state index in [1.165, 1.54) is 17.7 Å². The number of hydrogen-bond acceptors (Lipinski definition) is 4. The van der Waals surface area contributed by atoms with E-state index in [0.29, 0.717) is 25.4 Å². The molecule has 0 saturated carbocycles. The second-order valence-electron chi connectivity index (χ2n) is 6.90. The molecule has 5 nitrogen and oxygen atoms in total. The first-order valence-electron chi connectivity index (χ1n) is 8.96. The molecule has 0 aromatic carbocycles. The van der Waals surface area contributed by atoms with Crippen LogP contribution in [0.2, 0.25) is 0 Å². The van der Waals surface area contributed by atoms with E-state index >= 15 is 0 Å². The molecule has 2 fully saturated rings. The first-order valence-corrected chi connectivity index (χ1v) is 9.84. The molecule has 0 aliphatic carbocycles. The Morgan fingerprint density at radius 3 is 3.00 bits per heavy atom. The van der Waals surface area contributed by atoms with Gasteiger partial charge in [0.15, 0.2) is 0 Å². The summed E-state index contributed by atoms with van der Waals surface area (Å²) in [5.41, 5.74) is 0. The summed E-state index contributed by atoms with van der Waals surface area (Å²) in [5, 5.41) is 5.22. The van der Waals surface area contributed by atoms with Gasteiger partial charge in [0.25, 0.3) is 0 Å². The van der Waals surface area contributed by atoms with Crippen LogP contribution >= 0.6 is 11.3 Å². The summed E-state index contributed by atoms with van der Waals surface area (Å²) in [5.74, 6) is 0.512. The van der Waals surface area contributed by atoms with Crippen LogP contribution in [-0.2, 0) is 16.1 Å². The molecule has 24 heavy (non-hydrogen) atoms. The number of amides is 2. The first-order chi connectivity index (χ1) is 11.7. The SMILES string of the molecule is CCN1C[C@@H](C(=O)NC[C@H]2CCCN(Cc3cccs3)C2)CC1=O. The number of carbonyl (C=O) groups excluding carboxylic acids is 2. The van der Waals surface area contributed by atoms with Crippen molar-refractivity contribution in [2.24, 2.45) is 11.8 Å². The van der Waals surface area contributed by atoms with Crippen molar-refractivity contribution in [1.29, 1.82) is 0 Å². The molecule has 1 N–H and O–H groups in total. The lowest BCUT2D eigenvalue weighted by Gasteiger charge is -2.32. The van der Waals surface area contributed by atoms with E-state index in [-0.39, 0.29) is 17.7 Å². The monoisotopic (exact) mass is 349 g/mol. The fourth-order valence-electron chi connectivity index (χ4n) is 3.73. The molecule has 2 aliphatic heterocycles. The molecule has 2 amide bonds. The van der Waals surface area contributed by atoms with Gasteiger partial charge in [-0.3, -0.25) is 14.5 Å². The molecule has 2 saturated heterocycles. The molecular formula is C18H27N3O2S. The van der Waals surface area contributed by atoms with Crippen molar-refractivity contribution in [2.75, 3.05) is 32.7 Å². The minimum atomic E-state index is -0.164. The highest BCUT2D eigenvalue weighted by Gasteiger charge is 2.33. The molecule has 0 radical (unpaired) electrons. The standard InChI is InChI=1S/C18H27N3O2S/c1-2-21-12-15(9-17(21)22)18(23)19-10-14-5-3-7-20(11-14)13-16-6-4-8-24-16/h4,6,8,14-15H,2-3,5,7,9-13H2,1H3,(H,19,23)/t14-,15+/m1/s1. The highest BCUT2D eigenvalue weighted by atomic mass is 32.1. The van der Waals surface area contributed by atoms with Gasteiger partial charge in [-0.15, -0.1) is 11.3 Å². The van der Waals surface area contributed by atoms with Crippen molar-refractivity contribution in [1.82, 2.24) is 15.1 Å². The van der Waals surface area contributed by atoms with E-state index in [2.05, 4.69) is 27.7 Å². The Balaban J connectivity index is 1.42. The number of rotatable bonds is 6. The molecule has 0 bridgehead atoms. The van der Waals surface area contributed by atoms with Gasteiger partial charge in [-0.25, -0.2) is 0 Å². The van der Waals surface area contributed by atoms with Crippen LogP contribution in [0.1, 0.15) is 31.1 Å². The van der Waals surface area contributed by atoms with Gasteiger partial charge in [-0.1, -0.05) is 6.07 Å². The largest absolute Gasteiger partial charge is 0.355 e. The van der Waals surface area contributed by atoms with Crippen molar-refractivity contribution in [3.8, 4) is 0 Å². The average Bonchev–Trinajstić information content (AvgIpc) is 3.22. The number of carbonyl (C=O) groups is 2. The molecular weight excluding hydrogens is 322 g/mol. The summed E-state index contributed by atoms with van der Waals surface area (Å²) in [7, 11) is 0.